The van der Waals surface area contributed by atoms with Gasteiger partial charge in [0, 0.05) is 24.8 Å². The van der Waals surface area contributed by atoms with E-state index in [1.165, 1.54) is 12.3 Å². The van der Waals surface area contributed by atoms with Crippen LogP contribution < -0.4 is 5.32 Å². The standard InChI is InChI=1S/C13H16Cl2N2O2/c14-10-5-9(6-16-12(10)15)13(19)17-11-4-2-1-3-8(11)7-18/h5-6,8,11,18H,1-4,7H2,(H,17,19). The van der Waals surface area contributed by atoms with Gasteiger partial charge in [-0.15, -0.1) is 0 Å². The molecule has 1 aliphatic carbocycles. The van der Waals surface area contributed by atoms with Crippen LogP contribution in [0.5, 0.6) is 0 Å². The van der Waals surface area contributed by atoms with E-state index in [1.807, 2.05) is 0 Å². The number of aromatic nitrogens is 1. The van der Waals surface area contributed by atoms with E-state index in [2.05, 4.69) is 10.3 Å². The number of pyridine rings is 1. The van der Waals surface area contributed by atoms with E-state index in [4.69, 9.17) is 23.2 Å². The molecule has 1 heterocycles. The van der Waals surface area contributed by atoms with Crippen molar-refractivity contribution < 1.29 is 9.90 Å². The van der Waals surface area contributed by atoms with Crippen LogP contribution in [0.1, 0.15) is 36.0 Å². The summed E-state index contributed by atoms with van der Waals surface area (Å²) in [6, 6.07) is 1.52. The van der Waals surface area contributed by atoms with Gasteiger partial charge in [-0.1, -0.05) is 36.0 Å². The Kier molecular flexibility index (Phi) is 5.02. The SMILES string of the molecule is O=C(NC1CCCCC1CO)c1cnc(Cl)c(Cl)c1. The lowest BCUT2D eigenvalue weighted by atomic mass is 9.85. The number of carbonyl (C=O) groups is 1. The van der Waals surface area contributed by atoms with Crippen molar-refractivity contribution in [3.63, 3.8) is 0 Å². The Labute approximate surface area is 122 Å². The van der Waals surface area contributed by atoms with Crippen LogP contribution in [0.4, 0.5) is 0 Å². The summed E-state index contributed by atoms with van der Waals surface area (Å²) in [5.74, 6) is -0.0927. The second-order valence-corrected chi connectivity index (χ2v) is 5.57. The number of rotatable bonds is 3. The number of halogens is 2. The fourth-order valence-electron chi connectivity index (χ4n) is 2.41. The third-order valence-corrected chi connectivity index (χ3v) is 4.20. The summed E-state index contributed by atoms with van der Waals surface area (Å²) in [5.41, 5.74) is 0.386. The Balaban J connectivity index is 2.05. The minimum Gasteiger partial charge on any atom is -0.396 e. The van der Waals surface area contributed by atoms with Gasteiger partial charge < -0.3 is 10.4 Å². The highest BCUT2D eigenvalue weighted by Gasteiger charge is 2.26. The fraction of sp³-hybridized carbons (Fsp3) is 0.538. The molecule has 0 radical (unpaired) electrons. The van der Waals surface area contributed by atoms with Gasteiger partial charge in [0.1, 0.15) is 5.15 Å². The lowest BCUT2D eigenvalue weighted by molar-refractivity contribution is 0.0872. The lowest BCUT2D eigenvalue weighted by Gasteiger charge is -2.30. The molecular formula is C13H16Cl2N2O2. The van der Waals surface area contributed by atoms with Gasteiger partial charge in [0.15, 0.2) is 0 Å². The van der Waals surface area contributed by atoms with Crippen LogP contribution in [0.2, 0.25) is 10.2 Å². The normalized spacial score (nSPS) is 23.1. The van der Waals surface area contributed by atoms with Gasteiger partial charge in [-0.2, -0.15) is 0 Å². The van der Waals surface area contributed by atoms with Gasteiger partial charge in [-0.25, -0.2) is 4.98 Å². The molecule has 0 aliphatic heterocycles. The zero-order chi connectivity index (χ0) is 13.8. The molecule has 1 aromatic heterocycles. The highest BCUT2D eigenvalue weighted by molar-refractivity contribution is 6.41. The topological polar surface area (TPSA) is 62.2 Å². The predicted octanol–water partition coefficient (Wildman–Crippen LogP) is 2.67. The van der Waals surface area contributed by atoms with Gasteiger partial charge in [-0.05, 0) is 18.9 Å². The monoisotopic (exact) mass is 302 g/mol. The Morgan fingerprint density at radius 2 is 2.16 bits per heavy atom. The van der Waals surface area contributed by atoms with Crippen molar-refractivity contribution in [2.45, 2.75) is 31.7 Å². The predicted molar refractivity (Wildman–Crippen MR) is 74.6 cm³/mol. The largest absolute Gasteiger partial charge is 0.396 e. The summed E-state index contributed by atoms with van der Waals surface area (Å²) in [7, 11) is 0. The summed E-state index contributed by atoms with van der Waals surface area (Å²) in [6.45, 7) is 0.102. The number of amides is 1. The van der Waals surface area contributed by atoms with E-state index in [1.54, 1.807) is 0 Å². The number of hydrogen-bond donors (Lipinski definition) is 2. The number of aliphatic hydroxyl groups is 1. The van der Waals surface area contributed by atoms with Gasteiger partial charge >= 0.3 is 0 Å². The smallest absolute Gasteiger partial charge is 0.253 e. The molecular weight excluding hydrogens is 287 g/mol. The molecule has 0 aromatic carbocycles. The molecule has 1 aromatic rings. The second-order valence-electron chi connectivity index (χ2n) is 4.80. The molecule has 1 saturated carbocycles. The second kappa shape index (κ2) is 6.55. The van der Waals surface area contributed by atoms with Crippen LogP contribution >= 0.6 is 23.2 Å². The Morgan fingerprint density at radius 3 is 2.84 bits per heavy atom. The maximum atomic E-state index is 12.1. The van der Waals surface area contributed by atoms with Crippen LogP contribution in [0.3, 0.4) is 0 Å². The summed E-state index contributed by atoms with van der Waals surface area (Å²) < 4.78 is 0. The molecule has 104 valence electrons. The average molecular weight is 303 g/mol. The highest BCUT2D eigenvalue weighted by atomic mass is 35.5. The van der Waals surface area contributed by atoms with Crippen LogP contribution in [0, 0.1) is 5.92 Å². The first-order valence-corrected chi connectivity index (χ1v) is 7.10. The summed E-state index contributed by atoms with van der Waals surface area (Å²) in [5, 5.41) is 12.7. The van der Waals surface area contributed by atoms with Crippen LogP contribution in [0.15, 0.2) is 12.3 Å². The molecule has 2 unspecified atom stereocenters. The van der Waals surface area contributed by atoms with Gasteiger partial charge in [0.05, 0.1) is 10.6 Å². The van der Waals surface area contributed by atoms with E-state index in [9.17, 15) is 9.90 Å². The van der Waals surface area contributed by atoms with E-state index in [-0.39, 0.29) is 34.6 Å². The van der Waals surface area contributed by atoms with Gasteiger partial charge in [0.25, 0.3) is 5.91 Å². The van der Waals surface area contributed by atoms with Crippen molar-refractivity contribution in [3.05, 3.63) is 28.0 Å². The maximum absolute atomic E-state index is 12.1. The third kappa shape index (κ3) is 3.59. The number of aliphatic hydroxyl groups excluding tert-OH is 1. The molecule has 1 amide bonds. The molecule has 1 aliphatic rings. The highest BCUT2D eigenvalue weighted by Crippen LogP contribution is 2.25. The Hall–Kier alpha value is -0.840. The summed E-state index contributed by atoms with van der Waals surface area (Å²) >= 11 is 11.6. The van der Waals surface area contributed by atoms with Crippen LogP contribution in [-0.2, 0) is 0 Å². The molecule has 0 spiro atoms. The lowest BCUT2D eigenvalue weighted by Crippen LogP contribution is -2.43. The third-order valence-electron chi connectivity index (χ3n) is 3.52. The molecule has 2 N–H and O–H groups in total. The fourth-order valence-corrected chi connectivity index (χ4v) is 2.68. The van der Waals surface area contributed by atoms with Crippen molar-refractivity contribution in [1.29, 1.82) is 0 Å². The van der Waals surface area contributed by atoms with Crippen molar-refractivity contribution in [1.82, 2.24) is 10.3 Å². The van der Waals surface area contributed by atoms with E-state index in [0.717, 1.165) is 25.7 Å². The van der Waals surface area contributed by atoms with E-state index in [0.29, 0.717) is 5.56 Å². The van der Waals surface area contributed by atoms with Gasteiger partial charge in [-0.3, -0.25) is 4.79 Å². The molecule has 2 atom stereocenters. The van der Waals surface area contributed by atoms with Crippen molar-refractivity contribution in [2.24, 2.45) is 5.92 Å². The molecule has 0 bridgehead atoms. The zero-order valence-electron chi connectivity index (χ0n) is 10.4. The minimum absolute atomic E-state index is 0.0145. The molecule has 1 fully saturated rings. The van der Waals surface area contributed by atoms with Crippen molar-refractivity contribution in [2.75, 3.05) is 6.61 Å². The van der Waals surface area contributed by atoms with E-state index >= 15 is 0 Å². The Bertz CT molecular complexity index is 468. The number of nitrogens with one attached hydrogen (secondary N) is 1. The van der Waals surface area contributed by atoms with Crippen molar-refractivity contribution >= 4 is 29.1 Å². The Morgan fingerprint density at radius 1 is 1.42 bits per heavy atom. The average Bonchev–Trinajstić information content (AvgIpc) is 2.42. The first-order chi connectivity index (χ1) is 9.11. The number of nitrogens with zero attached hydrogens (tertiary/aromatic N) is 1. The molecule has 2 rings (SSSR count). The van der Waals surface area contributed by atoms with Crippen molar-refractivity contribution in [3.8, 4) is 0 Å². The van der Waals surface area contributed by atoms with Gasteiger partial charge in [0.2, 0.25) is 0 Å². The first kappa shape index (κ1) is 14.6. The number of carbonyl (C=O) groups excluding carboxylic acids is 1. The summed E-state index contributed by atoms with van der Waals surface area (Å²) in [4.78, 5) is 16.0. The molecule has 6 heteroatoms. The molecule has 19 heavy (non-hydrogen) atoms. The van der Waals surface area contributed by atoms with Crippen LogP contribution in [0.25, 0.3) is 0 Å². The minimum atomic E-state index is -0.226. The first-order valence-electron chi connectivity index (χ1n) is 6.34. The molecule has 4 nitrogen and oxygen atoms in total. The zero-order valence-corrected chi connectivity index (χ0v) is 11.9. The quantitative estimate of drug-likeness (QED) is 0.844. The molecule has 0 saturated heterocycles. The maximum Gasteiger partial charge on any atom is 0.253 e. The van der Waals surface area contributed by atoms with Crippen LogP contribution in [-0.4, -0.2) is 28.6 Å². The van der Waals surface area contributed by atoms with E-state index < -0.39 is 0 Å². The number of hydrogen-bond acceptors (Lipinski definition) is 3. The summed E-state index contributed by atoms with van der Waals surface area (Å²) in [6.07, 6.45) is 5.42.